The summed E-state index contributed by atoms with van der Waals surface area (Å²) in [5.41, 5.74) is 0.0441. The summed E-state index contributed by atoms with van der Waals surface area (Å²) in [5, 5.41) is 3.30. The van der Waals surface area contributed by atoms with Gasteiger partial charge in [-0.2, -0.15) is 0 Å². The van der Waals surface area contributed by atoms with E-state index in [0.29, 0.717) is 6.04 Å². The Hall–Kier alpha value is -0.120. The van der Waals surface area contributed by atoms with Crippen LogP contribution in [0.15, 0.2) is 0 Å². The quantitative estimate of drug-likeness (QED) is 0.634. The minimum Gasteiger partial charge on any atom is -0.380 e. The summed E-state index contributed by atoms with van der Waals surface area (Å²) >= 11 is 0. The van der Waals surface area contributed by atoms with Gasteiger partial charge in [0.25, 0.3) is 0 Å². The summed E-state index contributed by atoms with van der Waals surface area (Å²) in [6.45, 7) is 3.74. The number of hydrogen-bond donors (Lipinski definition) is 1. The fourth-order valence-corrected chi connectivity index (χ4v) is 2.06. The molecule has 1 N–H and O–H groups in total. The molecule has 1 atom stereocenters. The third-order valence-electron chi connectivity index (χ3n) is 3.22. The van der Waals surface area contributed by atoms with Crippen molar-refractivity contribution in [3.8, 4) is 0 Å². The summed E-state index contributed by atoms with van der Waals surface area (Å²) in [7, 11) is 3.79. The molecule has 0 radical (unpaired) electrons. The second kappa shape index (κ2) is 5.69. The smallest absolute Gasteiger partial charge is 0.0853 e. The molecule has 1 rings (SSSR count). The van der Waals surface area contributed by atoms with Crippen molar-refractivity contribution in [1.29, 1.82) is 0 Å². The molecule has 0 aromatic rings. The monoisotopic (exact) mass is 201 g/mol. The molecule has 3 nitrogen and oxygen atoms in total. The maximum atomic E-state index is 5.61. The van der Waals surface area contributed by atoms with E-state index in [9.17, 15) is 0 Å². The van der Waals surface area contributed by atoms with Crippen molar-refractivity contribution in [2.75, 3.05) is 27.4 Å². The molecular formula is C11H23NO2. The minimum absolute atomic E-state index is 0.0441. The van der Waals surface area contributed by atoms with Crippen molar-refractivity contribution in [3.63, 3.8) is 0 Å². The van der Waals surface area contributed by atoms with Crippen molar-refractivity contribution in [3.05, 3.63) is 0 Å². The van der Waals surface area contributed by atoms with Gasteiger partial charge in [0.2, 0.25) is 0 Å². The van der Waals surface area contributed by atoms with Gasteiger partial charge in [-0.05, 0) is 32.7 Å². The van der Waals surface area contributed by atoms with Crippen LogP contribution in [-0.4, -0.2) is 39.0 Å². The van der Waals surface area contributed by atoms with E-state index >= 15 is 0 Å². The first kappa shape index (κ1) is 12.0. The van der Waals surface area contributed by atoms with Crippen LogP contribution in [0.2, 0.25) is 0 Å². The number of ether oxygens (including phenoxy) is 2. The van der Waals surface area contributed by atoms with Crippen LogP contribution in [0.4, 0.5) is 0 Å². The number of hydrogen-bond acceptors (Lipinski definition) is 3. The Bertz CT molecular complexity index is 152. The summed E-state index contributed by atoms with van der Waals surface area (Å²) in [6.07, 6.45) is 4.67. The Morgan fingerprint density at radius 3 is 2.50 bits per heavy atom. The van der Waals surface area contributed by atoms with Gasteiger partial charge in [-0.25, -0.2) is 0 Å². The van der Waals surface area contributed by atoms with Crippen LogP contribution in [0.5, 0.6) is 0 Å². The van der Waals surface area contributed by atoms with Gasteiger partial charge in [0.05, 0.1) is 18.2 Å². The molecule has 3 heteroatoms. The predicted molar refractivity (Wildman–Crippen MR) is 57.5 cm³/mol. The van der Waals surface area contributed by atoms with Crippen LogP contribution in [0, 0.1) is 0 Å². The van der Waals surface area contributed by atoms with Gasteiger partial charge in [0.1, 0.15) is 0 Å². The first-order valence-electron chi connectivity index (χ1n) is 5.59. The Balaban J connectivity index is 2.35. The lowest BCUT2D eigenvalue weighted by Crippen LogP contribution is -2.57. The summed E-state index contributed by atoms with van der Waals surface area (Å²) in [4.78, 5) is 0. The third kappa shape index (κ3) is 2.47. The van der Waals surface area contributed by atoms with E-state index in [-0.39, 0.29) is 5.60 Å². The fourth-order valence-electron chi connectivity index (χ4n) is 2.06. The van der Waals surface area contributed by atoms with Gasteiger partial charge in [0.15, 0.2) is 0 Å². The zero-order valence-corrected chi connectivity index (χ0v) is 9.64. The van der Waals surface area contributed by atoms with Gasteiger partial charge in [-0.15, -0.1) is 0 Å². The zero-order valence-electron chi connectivity index (χ0n) is 9.64. The lowest BCUT2D eigenvalue weighted by molar-refractivity contribution is -0.112. The highest BCUT2D eigenvalue weighted by molar-refractivity contribution is 4.99. The molecule has 0 bridgehead atoms. The fraction of sp³-hybridized carbons (Fsp3) is 1.00. The molecule has 84 valence electrons. The molecule has 1 unspecified atom stereocenters. The molecule has 0 aromatic carbocycles. The molecule has 0 heterocycles. The number of rotatable bonds is 7. The minimum atomic E-state index is 0.0441. The van der Waals surface area contributed by atoms with E-state index in [1.807, 2.05) is 14.2 Å². The van der Waals surface area contributed by atoms with Crippen molar-refractivity contribution < 1.29 is 9.47 Å². The van der Waals surface area contributed by atoms with Crippen LogP contribution in [0.1, 0.15) is 32.6 Å². The summed E-state index contributed by atoms with van der Waals surface area (Å²) in [5.74, 6) is 0. The van der Waals surface area contributed by atoms with Crippen molar-refractivity contribution in [2.45, 2.75) is 44.2 Å². The largest absolute Gasteiger partial charge is 0.380 e. The highest BCUT2D eigenvalue weighted by Crippen LogP contribution is 2.38. The molecule has 14 heavy (non-hydrogen) atoms. The lowest BCUT2D eigenvalue weighted by Gasteiger charge is -2.46. The molecule has 1 saturated carbocycles. The normalized spacial score (nSPS) is 21.6. The average Bonchev–Trinajstić information content (AvgIpc) is 2.14. The first-order valence-corrected chi connectivity index (χ1v) is 5.59. The SMILES string of the molecule is CCCOCC(NC)C1(OC)CCC1. The van der Waals surface area contributed by atoms with E-state index in [4.69, 9.17) is 9.47 Å². The molecule has 0 amide bonds. The molecular weight excluding hydrogens is 178 g/mol. The Labute approximate surface area is 87.2 Å². The van der Waals surface area contributed by atoms with Gasteiger partial charge in [-0.1, -0.05) is 6.92 Å². The predicted octanol–water partition coefficient (Wildman–Crippen LogP) is 1.57. The molecule has 1 fully saturated rings. The molecule has 0 aliphatic heterocycles. The highest BCUT2D eigenvalue weighted by Gasteiger charge is 2.43. The number of methoxy groups -OCH3 is 1. The van der Waals surface area contributed by atoms with Gasteiger partial charge in [-0.3, -0.25) is 0 Å². The molecule has 0 saturated heterocycles. The maximum Gasteiger partial charge on any atom is 0.0853 e. The first-order chi connectivity index (χ1) is 6.79. The highest BCUT2D eigenvalue weighted by atomic mass is 16.5. The van der Waals surface area contributed by atoms with E-state index in [1.165, 1.54) is 6.42 Å². The van der Waals surface area contributed by atoms with Crippen LogP contribution in [0.25, 0.3) is 0 Å². The number of nitrogens with one attached hydrogen (secondary N) is 1. The molecule has 1 aliphatic carbocycles. The second-order valence-electron chi connectivity index (χ2n) is 4.04. The van der Waals surface area contributed by atoms with Gasteiger partial charge >= 0.3 is 0 Å². The van der Waals surface area contributed by atoms with Crippen LogP contribution in [-0.2, 0) is 9.47 Å². The molecule has 0 spiro atoms. The van der Waals surface area contributed by atoms with E-state index in [0.717, 1.165) is 32.5 Å². The van der Waals surface area contributed by atoms with Crippen LogP contribution >= 0.6 is 0 Å². The summed E-state index contributed by atoms with van der Waals surface area (Å²) < 4.78 is 11.2. The molecule has 0 aromatic heterocycles. The molecule has 1 aliphatic rings. The average molecular weight is 201 g/mol. The van der Waals surface area contributed by atoms with Gasteiger partial charge < -0.3 is 14.8 Å². The van der Waals surface area contributed by atoms with Crippen LogP contribution < -0.4 is 5.32 Å². The van der Waals surface area contributed by atoms with Crippen LogP contribution in [0.3, 0.4) is 0 Å². The topological polar surface area (TPSA) is 30.5 Å². The van der Waals surface area contributed by atoms with E-state index in [1.54, 1.807) is 0 Å². The van der Waals surface area contributed by atoms with E-state index < -0.39 is 0 Å². The second-order valence-corrected chi connectivity index (χ2v) is 4.04. The standard InChI is InChI=1S/C11H23NO2/c1-4-8-14-9-10(12-2)11(13-3)6-5-7-11/h10,12H,4-9H2,1-3H3. The van der Waals surface area contributed by atoms with Crippen molar-refractivity contribution in [1.82, 2.24) is 5.32 Å². The van der Waals surface area contributed by atoms with Crippen molar-refractivity contribution >= 4 is 0 Å². The van der Waals surface area contributed by atoms with Gasteiger partial charge in [0, 0.05) is 13.7 Å². The Morgan fingerprint density at radius 2 is 2.14 bits per heavy atom. The Morgan fingerprint density at radius 1 is 1.43 bits per heavy atom. The maximum absolute atomic E-state index is 5.61. The lowest BCUT2D eigenvalue weighted by atomic mass is 9.74. The Kier molecular flexibility index (Phi) is 4.85. The zero-order chi connectivity index (χ0) is 10.4. The number of likely N-dealkylation sites (N-methyl/N-ethyl adjacent to an activating group) is 1. The van der Waals surface area contributed by atoms with Crippen molar-refractivity contribution in [2.24, 2.45) is 0 Å². The third-order valence-corrected chi connectivity index (χ3v) is 3.22. The van der Waals surface area contributed by atoms with E-state index in [2.05, 4.69) is 12.2 Å². The summed E-state index contributed by atoms with van der Waals surface area (Å²) in [6, 6.07) is 0.341.